The average Bonchev–Trinajstić information content (AvgIpc) is 3.17. The van der Waals surface area contributed by atoms with Crippen molar-refractivity contribution in [3.05, 3.63) is 28.0 Å². The summed E-state index contributed by atoms with van der Waals surface area (Å²) in [4.78, 5) is 16.6. The lowest BCUT2D eigenvalue weighted by Gasteiger charge is -2.19. The van der Waals surface area contributed by atoms with E-state index in [1.807, 2.05) is 0 Å². The van der Waals surface area contributed by atoms with E-state index in [-0.39, 0.29) is 5.91 Å². The van der Waals surface area contributed by atoms with Gasteiger partial charge in [0.15, 0.2) is 5.69 Å². The highest BCUT2D eigenvalue weighted by atomic mass is 32.1. The Morgan fingerprint density at radius 3 is 2.95 bits per heavy atom. The van der Waals surface area contributed by atoms with Crippen molar-refractivity contribution in [2.75, 3.05) is 6.54 Å². The number of hydrogen-bond acceptors (Lipinski definition) is 5. The fourth-order valence-corrected chi connectivity index (χ4v) is 3.73. The van der Waals surface area contributed by atoms with Crippen LogP contribution < -0.4 is 5.32 Å². The van der Waals surface area contributed by atoms with Gasteiger partial charge in [0.05, 0.1) is 16.9 Å². The maximum atomic E-state index is 11.9. The molecule has 0 saturated heterocycles. The second-order valence-electron chi connectivity index (χ2n) is 5.78. The molecule has 0 aliphatic heterocycles. The van der Waals surface area contributed by atoms with Gasteiger partial charge in [-0.25, -0.2) is 4.98 Å². The molecule has 0 unspecified atom stereocenters. The van der Waals surface area contributed by atoms with Crippen LogP contribution in [0.2, 0.25) is 0 Å². The molecule has 3 rings (SSSR count). The Hall–Kier alpha value is -1.76. The van der Waals surface area contributed by atoms with E-state index >= 15 is 0 Å². The lowest BCUT2D eigenvalue weighted by Crippen LogP contribution is -2.26. The van der Waals surface area contributed by atoms with Gasteiger partial charge in [0.2, 0.25) is 0 Å². The van der Waals surface area contributed by atoms with Crippen molar-refractivity contribution in [1.82, 2.24) is 25.3 Å². The van der Waals surface area contributed by atoms with E-state index in [0.717, 1.165) is 11.4 Å². The highest BCUT2D eigenvalue weighted by Crippen LogP contribution is 2.33. The van der Waals surface area contributed by atoms with E-state index in [9.17, 15) is 4.79 Å². The second-order valence-corrected chi connectivity index (χ2v) is 6.73. The summed E-state index contributed by atoms with van der Waals surface area (Å²) < 4.78 is 1.52. The number of aromatic nitrogens is 4. The smallest absolute Gasteiger partial charge is 0.273 e. The zero-order chi connectivity index (χ0) is 15.4. The third-order valence-corrected chi connectivity index (χ3v) is 4.98. The average molecular weight is 319 g/mol. The summed E-state index contributed by atoms with van der Waals surface area (Å²) >= 11 is 1.70. The van der Waals surface area contributed by atoms with Crippen LogP contribution >= 0.6 is 11.3 Å². The van der Waals surface area contributed by atoms with Crippen molar-refractivity contribution in [3.63, 3.8) is 0 Å². The third kappa shape index (κ3) is 3.71. The minimum absolute atomic E-state index is 0.183. The number of thiazole rings is 1. The monoisotopic (exact) mass is 319 g/mol. The molecule has 2 heterocycles. The summed E-state index contributed by atoms with van der Waals surface area (Å²) in [7, 11) is 1.74. The van der Waals surface area contributed by atoms with Gasteiger partial charge in [0.25, 0.3) is 5.91 Å². The number of nitrogens with one attached hydrogen (secondary N) is 1. The second kappa shape index (κ2) is 7.00. The topological polar surface area (TPSA) is 72.7 Å². The molecule has 1 N–H and O–H groups in total. The Bertz CT molecular complexity index is 629. The molecule has 0 atom stereocenters. The van der Waals surface area contributed by atoms with Gasteiger partial charge in [-0.1, -0.05) is 24.5 Å². The van der Waals surface area contributed by atoms with E-state index < -0.39 is 0 Å². The summed E-state index contributed by atoms with van der Waals surface area (Å²) in [6, 6.07) is 0. The quantitative estimate of drug-likeness (QED) is 0.918. The molecule has 1 aliphatic carbocycles. The van der Waals surface area contributed by atoms with Crippen molar-refractivity contribution in [2.45, 2.75) is 44.4 Å². The van der Waals surface area contributed by atoms with Crippen molar-refractivity contribution < 1.29 is 4.79 Å². The van der Waals surface area contributed by atoms with Crippen LogP contribution in [0.4, 0.5) is 0 Å². The largest absolute Gasteiger partial charge is 0.350 e. The Morgan fingerprint density at radius 2 is 2.23 bits per heavy atom. The van der Waals surface area contributed by atoms with Crippen LogP contribution in [0, 0.1) is 0 Å². The molecule has 0 bridgehead atoms. The van der Waals surface area contributed by atoms with Gasteiger partial charge in [0, 0.05) is 31.3 Å². The van der Waals surface area contributed by atoms with E-state index in [4.69, 9.17) is 4.98 Å². The fourth-order valence-electron chi connectivity index (χ4n) is 2.85. The number of aryl methyl sites for hydroxylation is 1. The van der Waals surface area contributed by atoms with Gasteiger partial charge in [-0.15, -0.1) is 16.4 Å². The molecule has 7 heteroatoms. The standard InChI is InChI=1S/C15H21N5OS/c1-20-9-12(18-19-20)15(21)16-8-7-14-17-13(10-22-14)11-5-3-2-4-6-11/h9-11H,2-8H2,1H3,(H,16,21). The molecule has 6 nitrogen and oxygen atoms in total. The number of hydrogen-bond donors (Lipinski definition) is 1. The molecule has 0 spiro atoms. The lowest BCUT2D eigenvalue weighted by atomic mass is 9.87. The van der Waals surface area contributed by atoms with Crippen LogP contribution in [-0.4, -0.2) is 32.4 Å². The number of rotatable bonds is 5. The Kier molecular flexibility index (Phi) is 4.82. The summed E-state index contributed by atoms with van der Waals surface area (Å²) in [5, 5.41) is 13.7. The minimum atomic E-state index is -0.183. The normalized spacial score (nSPS) is 15.9. The van der Waals surface area contributed by atoms with Gasteiger partial charge in [-0.3, -0.25) is 9.48 Å². The molecule has 22 heavy (non-hydrogen) atoms. The predicted molar refractivity (Wildman–Crippen MR) is 85.0 cm³/mol. The lowest BCUT2D eigenvalue weighted by molar-refractivity contribution is 0.0949. The van der Waals surface area contributed by atoms with Crippen LogP contribution in [0.15, 0.2) is 11.6 Å². The zero-order valence-corrected chi connectivity index (χ0v) is 13.6. The number of carbonyl (C=O) groups excluding carboxylic acids is 1. The maximum Gasteiger partial charge on any atom is 0.273 e. The molecule has 0 aromatic carbocycles. The molecule has 2 aromatic heterocycles. The van der Waals surface area contributed by atoms with E-state index in [1.165, 1.54) is 42.5 Å². The van der Waals surface area contributed by atoms with E-state index in [1.54, 1.807) is 24.6 Å². The Morgan fingerprint density at radius 1 is 1.41 bits per heavy atom. The number of amides is 1. The first kappa shape index (κ1) is 15.1. The SMILES string of the molecule is Cn1cc(C(=O)NCCc2nc(C3CCCCC3)cs2)nn1. The third-order valence-electron chi connectivity index (χ3n) is 4.05. The predicted octanol–water partition coefficient (Wildman–Crippen LogP) is 2.29. The van der Waals surface area contributed by atoms with Gasteiger partial charge >= 0.3 is 0 Å². The van der Waals surface area contributed by atoms with Crippen molar-refractivity contribution in [3.8, 4) is 0 Å². The molecule has 1 amide bonds. The summed E-state index contributed by atoms with van der Waals surface area (Å²) in [5.41, 5.74) is 1.60. The Labute approximate surface area is 133 Å². The van der Waals surface area contributed by atoms with Crippen LogP contribution in [0.25, 0.3) is 0 Å². The zero-order valence-electron chi connectivity index (χ0n) is 12.8. The molecule has 118 valence electrons. The molecule has 1 fully saturated rings. The highest BCUT2D eigenvalue weighted by Gasteiger charge is 2.18. The van der Waals surface area contributed by atoms with Gasteiger partial charge in [-0.05, 0) is 12.8 Å². The summed E-state index contributed by atoms with van der Waals surface area (Å²) in [6.45, 7) is 0.576. The molecular formula is C15H21N5OS. The molecule has 0 radical (unpaired) electrons. The number of nitrogens with zero attached hydrogens (tertiary/aromatic N) is 4. The first-order chi connectivity index (χ1) is 10.7. The van der Waals surface area contributed by atoms with Crippen LogP contribution in [0.5, 0.6) is 0 Å². The number of carbonyl (C=O) groups is 1. The van der Waals surface area contributed by atoms with Crippen LogP contribution in [-0.2, 0) is 13.5 Å². The minimum Gasteiger partial charge on any atom is -0.350 e. The Balaban J connectivity index is 1.47. The molecule has 1 aliphatic rings. The maximum absolute atomic E-state index is 11.9. The van der Waals surface area contributed by atoms with Gasteiger partial charge in [-0.2, -0.15) is 0 Å². The first-order valence-corrected chi connectivity index (χ1v) is 8.69. The van der Waals surface area contributed by atoms with Gasteiger partial charge in [0.1, 0.15) is 0 Å². The van der Waals surface area contributed by atoms with Crippen molar-refractivity contribution >= 4 is 17.2 Å². The molecule has 1 saturated carbocycles. The summed E-state index contributed by atoms with van der Waals surface area (Å²) in [5.74, 6) is 0.463. The van der Waals surface area contributed by atoms with Crippen LogP contribution in [0.1, 0.15) is 59.2 Å². The summed E-state index contributed by atoms with van der Waals surface area (Å²) in [6.07, 6.45) is 8.93. The van der Waals surface area contributed by atoms with Crippen molar-refractivity contribution in [2.24, 2.45) is 7.05 Å². The fraction of sp³-hybridized carbons (Fsp3) is 0.600. The van der Waals surface area contributed by atoms with E-state index in [2.05, 4.69) is 21.0 Å². The van der Waals surface area contributed by atoms with Crippen molar-refractivity contribution in [1.29, 1.82) is 0 Å². The van der Waals surface area contributed by atoms with Gasteiger partial charge < -0.3 is 5.32 Å². The molecular weight excluding hydrogens is 298 g/mol. The highest BCUT2D eigenvalue weighted by molar-refractivity contribution is 7.09. The molecule has 2 aromatic rings. The van der Waals surface area contributed by atoms with E-state index in [0.29, 0.717) is 18.2 Å². The first-order valence-electron chi connectivity index (χ1n) is 7.81. The van der Waals surface area contributed by atoms with Crippen LogP contribution in [0.3, 0.4) is 0 Å².